The first-order chi connectivity index (χ1) is 12.7. The first kappa shape index (κ1) is 18.8. The Morgan fingerprint density at radius 3 is 2.96 bits per heavy atom. The molecule has 0 aliphatic carbocycles. The van der Waals surface area contributed by atoms with Crippen LogP contribution in [-0.4, -0.2) is 48.3 Å². The Morgan fingerprint density at radius 1 is 1.35 bits per heavy atom. The predicted molar refractivity (Wildman–Crippen MR) is 106 cm³/mol. The molecule has 5 nitrogen and oxygen atoms in total. The minimum Gasteiger partial charge on any atom is -0.376 e. The number of para-hydroxylation sites is 1. The number of fused-ring (bicyclic) bond motifs is 1. The molecule has 1 aliphatic rings. The molecule has 1 saturated heterocycles. The van der Waals surface area contributed by atoms with Crippen LogP contribution in [0, 0.1) is 6.92 Å². The van der Waals surface area contributed by atoms with Crippen molar-refractivity contribution in [3.63, 3.8) is 0 Å². The largest absolute Gasteiger partial charge is 0.376 e. The Labute approximate surface area is 156 Å². The zero-order chi connectivity index (χ0) is 18.4. The normalized spacial score (nSPS) is 17.4. The van der Waals surface area contributed by atoms with Crippen molar-refractivity contribution in [3.8, 4) is 0 Å². The molecule has 26 heavy (non-hydrogen) atoms. The summed E-state index contributed by atoms with van der Waals surface area (Å²) in [6.07, 6.45) is 5.38. The highest BCUT2D eigenvalue weighted by Gasteiger charge is 2.21. The van der Waals surface area contributed by atoms with Crippen LogP contribution in [0.1, 0.15) is 43.9 Å². The molecule has 1 aliphatic heterocycles. The quantitative estimate of drug-likeness (QED) is 0.787. The van der Waals surface area contributed by atoms with Gasteiger partial charge in [-0.1, -0.05) is 25.1 Å². The minimum absolute atomic E-state index is 0.0264. The summed E-state index contributed by atoms with van der Waals surface area (Å²) in [6.45, 7) is 7.15. The summed E-state index contributed by atoms with van der Waals surface area (Å²) >= 11 is 0. The number of aromatic nitrogens is 1. The molecule has 1 fully saturated rings. The van der Waals surface area contributed by atoms with Crippen LogP contribution in [0.4, 0.5) is 4.79 Å². The van der Waals surface area contributed by atoms with E-state index in [-0.39, 0.29) is 12.1 Å². The molecule has 5 heteroatoms. The molecule has 0 bridgehead atoms. The molecule has 0 radical (unpaired) electrons. The summed E-state index contributed by atoms with van der Waals surface area (Å²) in [4.78, 5) is 18.0. The van der Waals surface area contributed by atoms with Crippen molar-refractivity contribution in [2.75, 3.05) is 26.2 Å². The molecule has 0 saturated carbocycles. The molecule has 1 unspecified atom stereocenters. The SMILES string of the molecule is CCCN(CC1CCCCO1)C(=O)NCCc1c(C)[nH]c2ccccc12. The standard InChI is InChI=1S/C21H31N3O2/c1-3-13-24(15-17-8-6-7-14-26-17)21(25)22-12-11-18-16(2)23-20-10-5-4-9-19(18)20/h4-5,9-10,17,23H,3,6-8,11-15H2,1-2H3,(H,22,25). The number of carbonyl (C=O) groups is 1. The number of nitrogens with zero attached hydrogens (tertiary/aromatic N) is 1. The first-order valence-corrected chi connectivity index (χ1v) is 9.89. The van der Waals surface area contributed by atoms with Gasteiger partial charge < -0.3 is 19.9 Å². The van der Waals surface area contributed by atoms with E-state index in [4.69, 9.17) is 4.74 Å². The van der Waals surface area contributed by atoms with E-state index >= 15 is 0 Å². The van der Waals surface area contributed by atoms with Crippen molar-refractivity contribution in [1.29, 1.82) is 0 Å². The predicted octanol–water partition coefficient (Wildman–Crippen LogP) is 4.01. The lowest BCUT2D eigenvalue weighted by Gasteiger charge is -2.30. The highest BCUT2D eigenvalue weighted by molar-refractivity contribution is 5.84. The average Bonchev–Trinajstić information content (AvgIpc) is 2.97. The third-order valence-electron chi connectivity index (χ3n) is 5.16. The maximum absolute atomic E-state index is 12.6. The van der Waals surface area contributed by atoms with E-state index in [1.807, 2.05) is 11.0 Å². The van der Waals surface area contributed by atoms with Crippen molar-refractivity contribution >= 4 is 16.9 Å². The summed E-state index contributed by atoms with van der Waals surface area (Å²) in [7, 11) is 0. The second-order valence-electron chi connectivity index (χ2n) is 7.19. The van der Waals surface area contributed by atoms with Gasteiger partial charge in [0.25, 0.3) is 0 Å². The van der Waals surface area contributed by atoms with Crippen LogP contribution >= 0.6 is 0 Å². The maximum Gasteiger partial charge on any atom is 0.317 e. The monoisotopic (exact) mass is 357 g/mol. The molecule has 2 N–H and O–H groups in total. The van der Waals surface area contributed by atoms with Gasteiger partial charge in [0.05, 0.1) is 6.10 Å². The van der Waals surface area contributed by atoms with Gasteiger partial charge in [0.15, 0.2) is 0 Å². The van der Waals surface area contributed by atoms with E-state index in [2.05, 4.69) is 42.3 Å². The summed E-state index contributed by atoms with van der Waals surface area (Å²) in [5, 5.41) is 4.36. The van der Waals surface area contributed by atoms with Crippen molar-refractivity contribution in [2.24, 2.45) is 0 Å². The average molecular weight is 357 g/mol. The third kappa shape index (κ3) is 4.58. The second kappa shape index (κ2) is 9.08. The molecule has 142 valence electrons. The minimum atomic E-state index is 0.0264. The molecule has 1 aromatic carbocycles. The lowest BCUT2D eigenvalue weighted by Crippen LogP contribution is -2.45. The molecular weight excluding hydrogens is 326 g/mol. The molecule has 2 heterocycles. The highest BCUT2D eigenvalue weighted by Crippen LogP contribution is 2.22. The second-order valence-corrected chi connectivity index (χ2v) is 7.19. The van der Waals surface area contributed by atoms with Crippen LogP contribution in [0.15, 0.2) is 24.3 Å². The van der Waals surface area contributed by atoms with Crippen molar-refractivity contribution in [3.05, 3.63) is 35.5 Å². The summed E-state index contributed by atoms with van der Waals surface area (Å²) in [5.74, 6) is 0. The molecule has 2 amide bonds. The number of amides is 2. The van der Waals surface area contributed by atoms with Gasteiger partial charge in [-0.05, 0) is 50.7 Å². The Hall–Kier alpha value is -2.01. The van der Waals surface area contributed by atoms with Crippen LogP contribution in [0.2, 0.25) is 0 Å². The number of benzene rings is 1. The maximum atomic E-state index is 12.6. The van der Waals surface area contributed by atoms with Gasteiger partial charge in [-0.15, -0.1) is 0 Å². The zero-order valence-electron chi connectivity index (χ0n) is 16.0. The Kier molecular flexibility index (Phi) is 6.56. The van der Waals surface area contributed by atoms with Gasteiger partial charge >= 0.3 is 6.03 Å². The number of aryl methyl sites for hydroxylation is 1. The van der Waals surface area contributed by atoms with Crippen LogP contribution in [0.25, 0.3) is 10.9 Å². The third-order valence-corrected chi connectivity index (χ3v) is 5.16. The molecule has 1 aromatic heterocycles. The number of hydrogen-bond donors (Lipinski definition) is 2. The van der Waals surface area contributed by atoms with Crippen LogP contribution in [0.3, 0.4) is 0 Å². The van der Waals surface area contributed by atoms with E-state index in [1.165, 1.54) is 23.1 Å². The van der Waals surface area contributed by atoms with Crippen molar-refractivity contribution in [1.82, 2.24) is 15.2 Å². The Morgan fingerprint density at radius 2 is 2.19 bits per heavy atom. The molecule has 2 aromatic rings. The number of aromatic amines is 1. The molecular formula is C21H31N3O2. The fourth-order valence-electron chi connectivity index (χ4n) is 3.81. The van der Waals surface area contributed by atoms with E-state index in [0.29, 0.717) is 13.1 Å². The van der Waals surface area contributed by atoms with Gasteiger partial charge in [0, 0.05) is 42.8 Å². The van der Waals surface area contributed by atoms with E-state index in [0.717, 1.165) is 44.4 Å². The van der Waals surface area contributed by atoms with E-state index in [9.17, 15) is 4.79 Å². The fourth-order valence-corrected chi connectivity index (χ4v) is 3.81. The Balaban J connectivity index is 1.54. The number of carbonyl (C=O) groups excluding carboxylic acids is 1. The lowest BCUT2D eigenvalue weighted by molar-refractivity contribution is 0.000735. The smallest absolute Gasteiger partial charge is 0.317 e. The van der Waals surface area contributed by atoms with Crippen molar-refractivity contribution < 1.29 is 9.53 Å². The van der Waals surface area contributed by atoms with Crippen LogP contribution in [-0.2, 0) is 11.2 Å². The van der Waals surface area contributed by atoms with Gasteiger partial charge in [-0.3, -0.25) is 0 Å². The molecule has 0 spiro atoms. The number of rotatable bonds is 7. The lowest BCUT2D eigenvalue weighted by atomic mass is 10.1. The zero-order valence-corrected chi connectivity index (χ0v) is 16.0. The van der Waals surface area contributed by atoms with E-state index < -0.39 is 0 Å². The van der Waals surface area contributed by atoms with E-state index in [1.54, 1.807) is 0 Å². The molecule has 1 atom stereocenters. The number of urea groups is 1. The van der Waals surface area contributed by atoms with Gasteiger partial charge in [-0.2, -0.15) is 0 Å². The van der Waals surface area contributed by atoms with Crippen molar-refractivity contribution in [2.45, 2.75) is 52.1 Å². The number of H-pyrrole nitrogens is 1. The first-order valence-electron chi connectivity index (χ1n) is 9.89. The Bertz CT molecular complexity index is 719. The highest BCUT2D eigenvalue weighted by atomic mass is 16.5. The van der Waals surface area contributed by atoms with Gasteiger partial charge in [-0.25, -0.2) is 4.79 Å². The molecule has 3 rings (SSSR count). The number of ether oxygens (including phenoxy) is 1. The summed E-state index contributed by atoms with van der Waals surface area (Å²) in [6, 6.07) is 8.36. The van der Waals surface area contributed by atoms with Crippen LogP contribution in [0.5, 0.6) is 0 Å². The fraction of sp³-hybridized carbons (Fsp3) is 0.571. The number of nitrogens with one attached hydrogen (secondary N) is 2. The van der Waals surface area contributed by atoms with Gasteiger partial charge in [0.1, 0.15) is 0 Å². The van der Waals surface area contributed by atoms with Crippen LogP contribution < -0.4 is 5.32 Å². The summed E-state index contributed by atoms with van der Waals surface area (Å²) < 4.78 is 5.81. The summed E-state index contributed by atoms with van der Waals surface area (Å²) in [5.41, 5.74) is 3.63. The van der Waals surface area contributed by atoms with Gasteiger partial charge in [0.2, 0.25) is 0 Å². The topological polar surface area (TPSA) is 57.4 Å². The number of hydrogen-bond acceptors (Lipinski definition) is 2.